The summed E-state index contributed by atoms with van der Waals surface area (Å²) in [6.07, 6.45) is 0. The molecule has 1 rings (SSSR count). The number of nitrogens with zero attached hydrogens (tertiary/aromatic N) is 1. The van der Waals surface area contributed by atoms with Gasteiger partial charge in [-0.1, -0.05) is 36.1 Å². The minimum absolute atomic E-state index is 0.131. The highest BCUT2D eigenvalue weighted by atomic mass is 32.2. The van der Waals surface area contributed by atoms with Gasteiger partial charge in [0, 0.05) is 19.8 Å². The van der Waals surface area contributed by atoms with Crippen molar-refractivity contribution < 1.29 is 9.53 Å². The van der Waals surface area contributed by atoms with Crippen LogP contribution in [0.15, 0.2) is 24.3 Å². The molecule has 0 aliphatic rings. The van der Waals surface area contributed by atoms with Crippen molar-refractivity contribution in [1.29, 1.82) is 0 Å². The van der Waals surface area contributed by atoms with Gasteiger partial charge in [0.05, 0.1) is 13.0 Å². The third-order valence-electron chi connectivity index (χ3n) is 2.75. The van der Waals surface area contributed by atoms with E-state index in [9.17, 15) is 4.79 Å². The lowest BCUT2D eigenvalue weighted by atomic mass is 9.97. The summed E-state index contributed by atoms with van der Waals surface area (Å²) in [5.41, 5.74) is 1.00. The van der Waals surface area contributed by atoms with Crippen LogP contribution in [0.25, 0.3) is 0 Å². The van der Waals surface area contributed by atoms with Gasteiger partial charge in [-0.3, -0.25) is 4.79 Å². The SMILES string of the molecule is COc1ccc(C(CSC(=S)N(C)C)C(C)=O)cc1. The van der Waals surface area contributed by atoms with Crippen molar-refractivity contribution in [1.82, 2.24) is 4.90 Å². The van der Waals surface area contributed by atoms with Crippen molar-refractivity contribution in [2.75, 3.05) is 27.0 Å². The van der Waals surface area contributed by atoms with Gasteiger partial charge in [0.15, 0.2) is 0 Å². The standard InChI is InChI=1S/C14H19NO2S2/c1-10(16)13(9-19-14(18)15(2)3)11-5-7-12(17-4)8-6-11/h5-8,13H,9H2,1-4H3. The van der Waals surface area contributed by atoms with Gasteiger partial charge in [-0.25, -0.2) is 0 Å². The fraction of sp³-hybridized carbons (Fsp3) is 0.429. The quantitative estimate of drug-likeness (QED) is 0.780. The average Bonchev–Trinajstić information content (AvgIpc) is 2.38. The Labute approximate surface area is 124 Å². The molecule has 5 heteroatoms. The number of benzene rings is 1. The lowest BCUT2D eigenvalue weighted by Gasteiger charge is -2.17. The summed E-state index contributed by atoms with van der Waals surface area (Å²) in [6.45, 7) is 1.62. The van der Waals surface area contributed by atoms with Crippen LogP contribution >= 0.6 is 24.0 Å². The van der Waals surface area contributed by atoms with Crippen molar-refractivity contribution in [2.45, 2.75) is 12.8 Å². The molecule has 0 heterocycles. The number of thiocarbonyl (C=S) groups is 1. The maximum absolute atomic E-state index is 11.8. The zero-order valence-corrected chi connectivity index (χ0v) is 13.3. The third kappa shape index (κ3) is 4.84. The first-order valence-electron chi connectivity index (χ1n) is 5.94. The van der Waals surface area contributed by atoms with Crippen molar-refractivity contribution in [3.8, 4) is 5.75 Å². The molecule has 0 radical (unpaired) electrons. The number of Topliss-reactive ketones (excluding diaryl/α,β-unsaturated/α-hetero) is 1. The molecule has 1 atom stereocenters. The molecule has 0 spiro atoms. The van der Waals surface area contributed by atoms with Gasteiger partial charge in [0.25, 0.3) is 0 Å². The van der Waals surface area contributed by atoms with E-state index >= 15 is 0 Å². The number of rotatable bonds is 5. The number of carbonyl (C=O) groups is 1. The Bertz CT molecular complexity index is 443. The van der Waals surface area contributed by atoms with Crippen molar-refractivity contribution in [3.63, 3.8) is 0 Å². The number of hydrogen-bond acceptors (Lipinski definition) is 4. The lowest BCUT2D eigenvalue weighted by molar-refractivity contribution is -0.117. The number of hydrogen-bond donors (Lipinski definition) is 0. The van der Waals surface area contributed by atoms with Crippen molar-refractivity contribution in [2.24, 2.45) is 0 Å². The molecular weight excluding hydrogens is 278 g/mol. The minimum atomic E-state index is -0.131. The van der Waals surface area contributed by atoms with E-state index in [1.807, 2.05) is 43.3 Å². The van der Waals surface area contributed by atoms with E-state index in [0.29, 0.717) is 5.75 Å². The predicted octanol–water partition coefficient (Wildman–Crippen LogP) is 2.95. The second-order valence-electron chi connectivity index (χ2n) is 4.41. The molecule has 0 aliphatic heterocycles. The Morgan fingerprint density at radius 1 is 1.37 bits per heavy atom. The fourth-order valence-corrected chi connectivity index (χ4v) is 2.77. The first kappa shape index (κ1) is 16.0. The Morgan fingerprint density at radius 2 is 1.95 bits per heavy atom. The summed E-state index contributed by atoms with van der Waals surface area (Å²) < 4.78 is 5.91. The lowest BCUT2D eigenvalue weighted by Crippen LogP contribution is -2.19. The van der Waals surface area contributed by atoms with Gasteiger partial charge in [-0.05, 0) is 24.6 Å². The fourth-order valence-electron chi connectivity index (χ4n) is 1.57. The normalized spacial score (nSPS) is 11.8. The van der Waals surface area contributed by atoms with Crippen LogP contribution in [0, 0.1) is 0 Å². The highest BCUT2D eigenvalue weighted by molar-refractivity contribution is 8.22. The average molecular weight is 297 g/mol. The van der Waals surface area contributed by atoms with Crippen molar-refractivity contribution in [3.05, 3.63) is 29.8 Å². The molecule has 0 N–H and O–H groups in total. The Kier molecular flexibility index (Phi) is 6.31. The van der Waals surface area contributed by atoms with Crippen molar-refractivity contribution >= 4 is 34.1 Å². The van der Waals surface area contributed by atoms with E-state index in [1.54, 1.807) is 14.0 Å². The molecule has 1 aromatic rings. The predicted molar refractivity (Wildman–Crippen MR) is 85.2 cm³/mol. The van der Waals surface area contributed by atoms with E-state index in [2.05, 4.69) is 0 Å². The molecule has 104 valence electrons. The highest BCUT2D eigenvalue weighted by Crippen LogP contribution is 2.25. The monoisotopic (exact) mass is 297 g/mol. The minimum Gasteiger partial charge on any atom is -0.497 e. The van der Waals surface area contributed by atoms with E-state index in [1.165, 1.54) is 11.8 Å². The summed E-state index contributed by atoms with van der Waals surface area (Å²) in [5, 5.41) is 0. The molecule has 19 heavy (non-hydrogen) atoms. The number of thioether (sulfide) groups is 1. The molecule has 0 aliphatic carbocycles. The largest absolute Gasteiger partial charge is 0.497 e. The second-order valence-corrected chi connectivity index (χ2v) is 6.06. The smallest absolute Gasteiger partial charge is 0.138 e. The molecule has 1 aromatic carbocycles. The van der Waals surface area contributed by atoms with E-state index in [4.69, 9.17) is 17.0 Å². The third-order valence-corrected chi connectivity index (χ3v) is 4.58. The van der Waals surface area contributed by atoms with Crippen LogP contribution in [0.2, 0.25) is 0 Å². The second kappa shape index (κ2) is 7.50. The number of carbonyl (C=O) groups excluding carboxylic acids is 1. The Hall–Kier alpha value is -1.07. The summed E-state index contributed by atoms with van der Waals surface area (Å²) >= 11 is 6.76. The molecule has 1 unspecified atom stereocenters. The Balaban J connectivity index is 2.76. The number of ether oxygens (including phenoxy) is 1. The first-order chi connectivity index (χ1) is 8.95. The summed E-state index contributed by atoms with van der Waals surface area (Å²) in [6, 6.07) is 7.62. The topological polar surface area (TPSA) is 29.5 Å². The first-order valence-corrected chi connectivity index (χ1v) is 7.33. The summed E-state index contributed by atoms with van der Waals surface area (Å²) in [4.78, 5) is 13.7. The van der Waals surface area contributed by atoms with Crippen LogP contribution in [-0.2, 0) is 4.79 Å². The van der Waals surface area contributed by atoms with Gasteiger partial charge in [-0.15, -0.1) is 0 Å². The molecule has 3 nitrogen and oxygen atoms in total. The zero-order valence-electron chi connectivity index (χ0n) is 11.7. The molecular formula is C14H19NO2S2. The molecule has 0 bridgehead atoms. The van der Waals surface area contributed by atoms with E-state index in [-0.39, 0.29) is 11.7 Å². The van der Waals surface area contributed by atoms with Gasteiger partial charge in [-0.2, -0.15) is 0 Å². The van der Waals surface area contributed by atoms with Gasteiger partial charge >= 0.3 is 0 Å². The van der Waals surface area contributed by atoms with Gasteiger partial charge in [0.1, 0.15) is 15.9 Å². The van der Waals surface area contributed by atoms with Crippen LogP contribution in [0.3, 0.4) is 0 Å². The van der Waals surface area contributed by atoms with Crippen LogP contribution in [-0.4, -0.2) is 42.0 Å². The zero-order chi connectivity index (χ0) is 14.4. The number of methoxy groups -OCH3 is 1. The van der Waals surface area contributed by atoms with E-state index in [0.717, 1.165) is 15.6 Å². The molecule has 0 aromatic heterocycles. The summed E-state index contributed by atoms with van der Waals surface area (Å²) in [7, 11) is 5.44. The summed E-state index contributed by atoms with van der Waals surface area (Å²) in [5.74, 6) is 1.48. The van der Waals surface area contributed by atoms with Gasteiger partial charge in [0.2, 0.25) is 0 Å². The molecule has 0 saturated carbocycles. The van der Waals surface area contributed by atoms with Crippen LogP contribution in [0.1, 0.15) is 18.4 Å². The molecule has 0 amide bonds. The number of ketones is 1. The highest BCUT2D eigenvalue weighted by Gasteiger charge is 2.18. The molecule has 0 fully saturated rings. The van der Waals surface area contributed by atoms with Crippen LogP contribution in [0.4, 0.5) is 0 Å². The van der Waals surface area contributed by atoms with Crippen LogP contribution < -0.4 is 4.74 Å². The van der Waals surface area contributed by atoms with Crippen LogP contribution in [0.5, 0.6) is 5.75 Å². The Morgan fingerprint density at radius 3 is 2.37 bits per heavy atom. The van der Waals surface area contributed by atoms with E-state index < -0.39 is 0 Å². The maximum Gasteiger partial charge on any atom is 0.138 e. The molecule has 0 saturated heterocycles. The van der Waals surface area contributed by atoms with Gasteiger partial charge < -0.3 is 9.64 Å². The maximum atomic E-state index is 11.8.